The van der Waals surface area contributed by atoms with Gasteiger partial charge in [-0.3, -0.25) is 0 Å². The molecule has 2 saturated carbocycles. The summed E-state index contributed by atoms with van der Waals surface area (Å²) in [6.45, 7) is 0. The van der Waals surface area contributed by atoms with Gasteiger partial charge in [0, 0.05) is 4.43 Å². The minimum Gasteiger partial charge on any atom is -0.371 e. The van der Waals surface area contributed by atoms with E-state index in [4.69, 9.17) is 4.74 Å². The molecule has 3 unspecified atom stereocenters. The molecule has 15 heavy (non-hydrogen) atoms. The molecule has 1 spiro atoms. The molecule has 0 aromatic carbocycles. The van der Waals surface area contributed by atoms with Crippen molar-refractivity contribution in [2.45, 2.75) is 63.1 Å². The molecule has 86 valence electrons. The van der Waals surface area contributed by atoms with Gasteiger partial charge in [-0.15, -0.1) is 0 Å². The molecule has 0 radical (unpaired) electrons. The van der Waals surface area contributed by atoms with Crippen molar-refractivity contribution in [2.24, 2.45) is 11.8 Å². The summed E-state index contributed by atoms with van der Waals surface area (Å²) >= 11 is 2.47. The highest BCUT2D eigenvalue weighted by Crippen LogP contribution is 2.51. The number of ether oxygens (including phenoxy) is 1. The molecule has 0 amide bonds. The van der Waals surface area contributed by atoms with Crippen LogP contribution in [0.4, 0.5) is 0 Å². The second kappa shape index (κ2) is 4.17. The molecule has 0 N–H and O–H groups in total. The molecule has 3 aliphatic rings. The number of alkyl halides is 1. The van der Waals surface area contributed by atoms with E-state index in [1.54, 1.807) is 0 Å². The van der Waals surface area contributed by atoms with E-state index in [1.807, 2.05) is 0 Å². The maximum atomic E-state index is 6.34. The SMILES string of the molecule is ICC1CCC2(CCCC(C3CC3)C2)O1. The van der Waals surface area contributed by atoms with E-state index in [2.05, 4.69) is 22.6 Å². The van der Waals surface area contributed by atoms with Crippen LogP contribution >= 0.6 is 22.6 Å². The molecule has 0 aromatic heterocycles. The highest BCUT2D eigenvalue weighted by Gasteiger charge is 2.46. The van der Waals surface area contributed by atoms with E-state index in [0.29, 0.717) is 11.7 Å². The zero-order valence-corrected chi connectivity index (χ0v) is 11.5. The van der Waals surface area contributed by atoms with Gasteiger partial charge >= 0.3 is 0 Å². The van der Waals surface area contributed by atoms with Crippen molar-refractivity contribution < 1.29 is 4.74 Å². The second-order valence-electron chi connectivity index (χ2n) is 5.81. The third kappa shape index (κ3) is 2.21. The molecule has 3 atom stereocenters. The first-order valence-electron chi connectivity index (χ1n) is 6.55. The van der Waals surface area contributed by atoms with E-state index in [1.165, 1.54) is 55.8 Å². The minimum atomic E-state index is 0.335. The molecule has 0 aromatic rings. The Hall–Kier alpha value is 0.690. The Bertz CT molecular complexity index is 239. The summed E-state index contributed by atoms with van der Waals surface area (Å²) in [5.41, 5.74) is 0.335. The van der Waals surface area contributed by atoms with Crippen LogP contribution < -0.4 is 0 Å². The van der Waals surface area contributed by atoms with Crippen molar-refractivity contribution in [3.63, 3.8) is 0 Å². The van der Waals surface area contributed by atoms with Gasteiger partial charge in [0.15, 0.2) is 0 Å². The molecule has 2 aliphatic carbocycles. The van der Waals surface area contributed by atoms with Crippen molar-refractivity contribution in [1.82, 2.24) is 0 Å². The van der Waals surface area contributed by atoms with Crippen LogP contribution in [0.1, 0.15) is 51.4 Å². The molecule has 1 aliphatic heterocycles. The van der Waals surface area contributed by atoms with Gasteiger partial charge in [-0.2, -0.15) is 0 Å². The minimum absolute atomic E-state index is 0.335. The molecule has 1 nitrogen and oxygen atoms in total. The average molecular weight is 320 g/mol. The summed E-state index contributed by atoms with van der Waals surface area (Å²) in [7, 11) is 0. The van der Waals surface area contributed by atoms with Crippen LogP contribution in [0.2, 0.25) is 0 Å². The molecule has 2 heteroatoms. The lowest BCUT2D eigenvalue weighted by Crippen LogP contribution is -2.36. The lowest BCUT2D eigenvalue weighted by molar-refractivity contribution is -0.0703. The van der Waals surface area contributed by atoms with Gasteiger partial charge in [0.1, 0.15) is 0 Å². The van der Waals surface area contributed by atoms with Crippen molar-refractivity contribution in [3.8, 4) is 0 Å². The Morgan fingerprint density at radius 1 is 1.07 bits per heavy atom. The molecule has 1 heterocycles. The zero-order chi connectivity index (χ0) is 10.3. The van der Waals surface area contributed by atoms with Gasteiger partial charge in [-0.1, -0.05) is 29.0 Å². The highest BCUT2D eigenvalue weighted by molar-refractivity contribution is 14.1. The largest absolute Gasteiger partial charge is 0.371 e. The van der Waals surface area contributed by atoms with Gasteiger partial charge in [0.05, 0.1) is 11.7 Å². The number of hydrogen-bond donors (Lipinski definition) is 0. The quantitative estimate of drug-likeness (QED) is 0.553. The highest BCUT2D eigenvalue weighted by atomic mass is 127. The number of hydrogen-bond acceptors (Lipinski definition) is 1. The number of halogens is 1. The first-order chi connectivity index (χ1) is 7.31. The maximum Gasteiger partial charge on any atom is 0.0690 e. The second-order valence-corrected chi connectivity index (χ2v) is 6.69. The maximum absolute atomic E-state index is 6.34. The monoisotopic (exact) mass is 320 g/mol. The summed E-state index contributed by atoms with van der Waals surface area (Å²) in [6, 6.07) is 0. The van der Waals surface area contributed by atoms with Gasteiger partial charge in [0.25, 0.3) is 0 Å². The Labute approximate surface area is 106 Å². The summed E-state index contributed by atoms with van der Waals surface area (Å²) in [4.78, 5) is 0. The van der Waals surface area contributed by atoms with E-state index < -0.39 is 0 Å². The zero-order valence-electron chi connectivity index (χ0n) is 9.38. The Morgan fingerprint density at radius 2 is 1.93 bits per heavy atom. The average Bonchev–Trinajstić information content (AvgIpc) is 3.04. The van der Waals surface area contributed by atoms with Crippen LogP contribution in [0.25, 0.3) is 0 Å². The normalized spacial score (nSPS) is 46.2. The van der Waals surface area contributed by atoms with Crippen LogP contribution in [0.15, 0.2) is 0 Å². The Morgan fingerprint density at radius 3 is 2.60 bits per heavy atom. The molecule has 1 saturated heterocycles. The summed E-state index contributed by atoms with van der Waals surface area (Å²) < 4.78 is 7.53. The fraction of sp³-hybridized carbons (Fsp3) is 1.00. The number of rotatable bonds is 2. The van der Waals surface area contributed by atoms with Gasteiger partial charge < -0.3 is 4.74 Å². The van der Waals surface area contributed by atoms with E-state index >= 15 is 0 Å². The van der Waals surface area contributed by atoms with Crippen molar-refractivity contribution >= 4 is 22.6 Å². The summed E-state index contributed by atoms with van der Waals surface area (Å²) in [5, 5.41) is 0. The van der Waals surface area contributed by atoms with Crippen LogP contribution in [0.3, 0.4) is 0 Å². The molecule has 3 fully saturated rings. The molecular weight excluding hydrogens is 299 g/mol. The van der Waals surface area contributed by atoms with Crippen LogP contribution in [0.5, 0.6) is 0 Å². The topological polar surface area (TPSA) is 9.23 Å². The van der Waals surface area contributed by atoms with Gasteiger partial charge in [-0.05, 0) is 56.8 Å². The van der Waals surface area contributed by atoms with Crippen molar-refractivity contribution in [3.05, 3.63) is 0 Å². The van der Waals surface area contributed by atoms with Crippen LogP contribution in [-0.4, -0.2) is 16.1 Å². The summed E-state index contributed by atoms with van der Waals surface area (Å²) in [6.07, 6.45) is 11.9. The first-order valence-corrected chi connectivity index (χ1v) is 8.08. The Kier molecular flexibility index (Phi) is 3.01. The lowest BCUT2D eigenvalue weighted by atomic mass is 9.75. The van der Waals surface area contributed by atoms with Crippen molar-refractivity contribution in [2.75, 3.05) is 4.43 Å². The van der Waals surface area contributed by atoms with Gasteiger partial charge in [0.2, 0.25) is 0 Å². The molecule has 3 rings (SSSR count). The predicted octanol–water partition coefficient (Wildman–Crippen LogP) is 3.94. The third-order valence-corrected chi connectivity index (χ3v) is 5.62. The van der Waals surface area contributed by atoms with Crippen LogP contribution in [0, 0.1) is 11.8 Å². The lowest BCUT2D eigenvalue weighted by Gasteiger charge is -2.38. The molecular formula is C13H21IO. The van der Waals surface area contributed by atoms with E-state index in [9.17, 15) is 0 Å². The third-order valence-electron chi connectivity index (χ3n) is 4.64. The smallest absolute Gasteiger partial charge is 0.0690 e. The van der Waals surface area contributed by atoms with E-state index in [-0.39, 0.29) is 0 Å². The fourth-order valence-corrected chi connectivity index (χ4v) is 4.30. The first kappa shape index (κ1) is 10.8. The van der Waals surface area contributed by atoms with Crippen LogP contribution in [-0.2, 0) is 4.74 Å². The Balaban J connectivity index is 1.64. The van der Waals surface area contributed by atoms with Gasteiger partial charge in [-0.25, -0.2) is 0 Å². The predicted molar refractivity (Wildman–Crippen MR) is 70.4 cm³/mol. The van der Waals surface area contributed by atoms with E-state index in [0.717, 1.165) is 11.8 Å². The molecule has 0 bridgehead atoms. The van der Waals surface area contributed by atoms with Crippen molar-refractivity contribution in [1.29, 1.82) is 0 Å². The summed E-state index contributed by atoms with van der Waals surface area (Å²) in [5.74, 6) is 2.11. The fourth-order valence-electron chi connectivity index (χ4n) is 3.68. The standard InChI is InChI=1S/C13H21IO/c14-9-12-5-7-13(15-12)6-1-2-11(8-13)10-3-4-10/h10-12H,1-9H2.